The molecule has 1 heterocycles. The lowest BCUT2D eigenvalue weighted by molar-refractivity contribution is -0.241. The molecule has 6 nitrogen and oxygen atoms in total. The number of ether oxygens (including phenoxy) is 1. The number of hydrogen-bond donors (Lipinski definition) is 4. The van der Waals surface area contributed by atoms with Crippen molar-refractivity contribution < 1.29 is 30.0 Å². The van der Waals surface area contributed by atoms with Gasteiger partial charge in [0.05, 0.1) is 12.7 Å². The first-order chi connectivity index (χ1) is 19.5. The number of allylic oxidation sites excluding steroid dienone is 2. The molecule has 0 bridgehead atoms. The van der Waals surface area contributed by atoms with Gasteiger partial charge in [0.2, 0.25) is 0 Å². The van der Waals surface area contributed by atoms with Crippen molar-refractivity contribution in [2.45, 2.75) is 150 Å². The molecule has 0 spiro atoms. The van der Waals surface area contributed by atoms with Crippen LogP contribution in [0.5, 0.6) is 0 Å². The molecule has 1 aliphatic heterocycles. The standard InChI is InChI=1S/C36H58O6/c1-31(2)14-16-36(19-23-28(39)30(41)29(40)24(20-37)42-23)17-15-34(6)21(22(36)18-31)8-9-26-33(5)12-11-27(38)32(3,4)25(33)10-13-35(26,34)7/h8,22-26,28-30,37,39-41H,9-20H2,1-7H3/t22?,23-,24?,25?,26?,28?,29+,30?,33+,34-,35-,36-/m1/s1. The molecule has 0 amide bonds. The Hall–Kier alpha value is -0.790. The van der Waals surface area contributed by atoms with Gasteiger partial charge < -0.3 is 25.2 Å². The van der Waals surface area contributed by atoms with E-state index in [-0.39, 0.29) is 39.1 Å². The number of carbonyl (C=O) groups excluding carboxylic acids is 1. The summed E-state index contributed by atoms with van der Waals surface area (Å²) in [7, 11) is 0. The maximum Gasteiger partial charge on any atom is 0.138 e. The van der Waals surface area contributed by atoms with E-state index in [1.54, 1.807) is 5.57 Å². The summed E-state index contributed by atoms with van der Waals surface area (Å²) in [4.78, 5) is 13.1. The molecular weight excluding hydrogens is 528 g/mol. The predicted molar refractivity (Wildman–Crippen MR) is 162 cm³/mol. The second-order valence-corrected chi connectivity index (χ2v) is 17.8. The Morgan fingerprint density at radius 1 is 0.833 bits per heavy atom. The zero-order valence-corrected chi connectivity index (χ0v) is 27.3. The fourth-order valence-corrected chi connectivity index (χ4v) is 12.3. The van der Waals surface area contributed by atoms with Crippen LogP contribution in [0.15, 0.2) is 11.6 Å². The molecule has 5 fully saturated rings. The average molecular weight is 587 g/mol. The molecule has 6 rings (SSSR count). The van der Waals surface area contributed by atoms with Crippen LogP contribution in [0.25, 0.3) is 0 Å². The lowest BCUT2D eigenvalue weighted by Gasteiger charge is -2.71. The lowest BCUT2D eigenvalue weighted by atomic mass is 9.33. The molecule has 0 aromatic heterocycles. The van der Waals surface area contributed by atoms with Gasteiger partial charge in [-0.15, -0.1) is 0 Å². The van der Waals surface area contributed by atoms with Gasteiger partial charge in [-0.05, 0) is 109 Å². The van der Waals surface area contributed by atoms with E-state index in [4.69, 9.17) is 4.74 Å². The highest BCUT2D eigenvalue weighted by Gasteiger charge is 2.68. The number of aliphatic hydroxyl groups is 4. The van der Waals surface area contributed by atoms with Crippen molar-refractivity contribution in [3.63, 3.8) is 0 Å². The largest absolute Gasteiger partial charge is 0.394 e. The van der Waals surface area contributed by atoms with Crippen LogP contribution in [-0.2, 0) is 9.53 Å². The van der Waals surface area contributed by atoms with Crippen molar-refractivity contribution in [2.75, 3.05) is 6.61 Å². The molecule has 5 aliphatic carbocycles. The summed E-state index contributed by atoms with van der Waals surface area (Å²) in [6.45, 7) is 16.5. The Morgan fingerprint density at radius 3 is 2.19 bits per heavy atom. The minimum atomic E-state index is -1.32. The maximum atomic E-state index is 13.1. The smallest absolute Gasteiger partial charge is 0.138 e. The van der Waals surface area contributed by atoms with Gasteiger partial charge in [-0.2, -0.15) is 0 Å². The quantitative estimate of drug-likeness (QED) is 0.321. The van der Waals surface area contributed by atoms with Crippen molar-refractivity contribution in [2.24, 2.45) is 50.2 Å². The monoisotopic (exact) mass is 586 g/mol. The third-order valence-corrected chi connectivity index (χ3v) is 15.2. The molecule has 4 saturated carbocycles. The second-order valence-electron chi connectivity index (χ2n) is 17.8. The van der Waals surface area contributed by atoms with Gasteiger partial charge in [-0.1, -0.05) is 60.1 Å². The van der Waals surface area contributed by atoms with Crippen molar-refractivity contribution in [1.29, 1.82) is 0 Å². The molecule has 4 N–H and O–H groups in total. The summed E-state index contributed by atoms with van der Waals surface area (Å²) < 4.78 is 6.14. The summed E-state index contributed by atoms with van der Waals surface area (Å²) in [6.07, 6.45) is 8.52. The van der Waals surface area contributed by atoms with Gasteiger partial charge in [0.25, 0.3) is 0 Å². The molecule has 6 aliphatic rings. The number of Topliss-reactive ketones (excluding diaryl/α,β-unsaturated/α-hetero) is 1. The first-order valence-electron chi connectivity index (χ1n) is 17.0. The highest BCUT2D eigenvalue weighted by molar-refractivity contribution is 5.85. The van der Waals surface area contributed by atoms with Gasteiger partial charge in [-0.3, -0.25) is 4.79 Å². The van der Waals surface area contributed by atoms with Crippen LogP contribution in [0.4, 0.5) is 0 Å². The summed E-state index contributed by atoms with van der Waals surface area (Å²) in [5.74, 6) is 1.82. The molecule has 0 aromatic rings. The van der Waals surface area contributed by atoms with Crippen LogP contribution in [0.1, 0.15) is 119 Å². The van der Waals surface area contributed by atoms with Crippen LogP contribution in [0, 0.1) is 50.2 Å². The van der Waals surface area contributed by atoms with E-state index >= 15 is 0 Å². The van der Waals surface area contributed by atoms with Gasteiger partial charge in [0, 0.05) is 11.8 Å². The Bertz CT molecular complexity index is 1130. The Balaban J connectivity index is 1.37. The summed E-state index contributed by atoms with van der Waals surface area (Å²) in [5.41, 5.74) is 1.95. The number of carbonyl (C=O) groups is 1. The zero-order valence-electron chi connectivity index (χ0n) is 27.3. The Kier molecular flexibility index (Phi) is 7.32. The Morgan fingerprint density at radius 2 is 1.50 bits per heavy atom. The molecule has 238 valence electrons. The highest BCUT2D eigenvalue weighted by Crippen LogP contribution is 2.76. The van der Waals surface area contributed by atoms with E-state index in [2.05, 4.69) is 54.5 Å². The molecule has 0 aromatic carbocycles. The van der Waals surface area contributed by atoms with Crippen molar-refractivity contribution in [1.82, 2.24) is 0 Å². The third kappa shape index (κ3) is 4.17. The van der Waals surface area contributed by atoms with Crippen LogP contribution >= 0.6 is 0 Å². The zero-order chi connectivity index (χ0) is 30.7. The minimum absolute atomic E-state index is 0.0436. The number of hydrogen-bond acceptors (Lipinski definition) is 6. The molecule has 0 radical (unpaired) electrons. The second kappa shape index (κ2) is 9.85. The van der Waals surface area contributed by atoms with Gasteiger partial charge in [0.15, 0.2) is 0 Å². The van der Waals surface area contributed by atoms with E-state index in [0.717, 1.165) is 57.8 Å². The summed E-state index contributed by atoms with van der Waals surface area (Å²) in [6, 6.07) is 0. The SMILES string of the molecule is CC1(C)CC[C@]2(C[C@H]3OC(CO)[C@H](O)C(O)C3O)CC[C@]3(C)C(=CCC4[C@@]5(C)CCC(=O)C(C)(C)C5CC[C@]43C)C2C1. The van der Waals surface area contributed by atoms with E-state index in [9.17, 15) is 25.2 Å². The van der Waals surface area contributed by atoms with Gasteiger partial charge in [-0.25, -0.2) is 0 Å². The third-order valence-electron chi connectivity index (χ3n) is 15.2. The molecular formula is C36H58O6. The van der Waals surface area contributed by atoms with Crippen molar-refractivity contribution >= 4 is 5.78 Å². The van der Waals surface area contributed by atoms with Crippen LogP contribution < -0.4 is 0 Å². The minimum Gasteiger partial charge on any atom is -0.394 e. The summed E-state index contributed by atoms with van der Waals surface area (Å²) in [5, 5.41) is 42.0. The first-order valence-corrected chi connectivity index (χ1v) is 17.0. The number of rotatable bonds is 3. The summed E-state index contributed by atoms with van der Waals surface area (Å²) >= 11 is 0. The average Bonchev–Trinajstić information content (AvgIpc) is 2.92. The van der Waals surface area contributed by atoms with Gasteiger partial charge in [0.1, 0.15) is 30.2 Å². The maximum absolute atomic E-state index is 13.1. The molecule has 6 heteroatoms. The number of aliphatic hydroxyl groups excluding tert-OH is 4. The van der Waals surface area contributed by atoms with E-state index < -0.39 is 30.5 Å². The van der Waals surface area contributed by atoms with E-state index in [0.29, 0.717) is 36.4 Å². The molecule has 1 saturated heterocycles. The molecule has 6 unspecified atom stereocenters. The number of fused-ring (bicyclic) bond motifs is 7. The fourth-order valence-electron chi connectivity index (χ4n) is 12.3. The molecule has 42 heavy (non-hydrogen) atoms. The normalized spacial score (nSPS) is 53.2. The van der Waals surface area contributed by atoms with Crippen molar-refractivity contribution in [3.05, 3.63) is 11.6 Å². The van der Waals surface area contributed by atoms with Crippen LogP contribution in [0.2, 0.25) is 0 Å². The van der Waals surface area contributed by atoms with E-state index in [1.165, 1.54) is 0 Å². The number of ketones is 1. The lowest BCUT2D eigenvalue weighted by Crippen LogP contribution is -2.64. The first kappa shape index (κ1) is 31.2. The van der Waals surface area contributed by atoms with Crippen LogP contribution in [0.3, 0.4) is 0 Å². The van der Waals surface area contributed by atoms with E-state index in [1.807, 2.05) is 0 Å². The topological polar surface area (TPSA) is 107 Å². The van der Waals surface area contributed by atoms with Crippen molar-refractivity contribution in [3.8, 4) is 0 Å². The van der Waals surface area contributed by atoms with Gasteiger partial charge >= 0.3 is 0 Å². The highest BCUT2D eigenvalue weighted by atomic mass is 16.5. The fraction of sp³-hybridized carbons (Fsp3) is 0.917. The molecule has 12 atom stereocenters. The predicted octanol–water partition coefficient (Wildman–Crippen LogP) is 5.59. The van der Waals surface area contributed by atoms with Crippen LogP contribution in [-0.4, -0.2) is 63.3 Å². The Labute approximate surface area is 253 Å².